The summed E-state index contributed by atoms with van der Waals surface area (Å²) in [5.41, 5.74) is 1.33. The van der Waals surface area contributed by atoms with E-state index in [-0.39, 0.29) is 17.4 Å². The fourth-order valence-electron chi connectivity index (χ4n) is 1.35. The van der Waals surface area contributed by atoms with Gasteiger partial charge in [-0.05, 0) is 18.6 Å². The van der Waals surface area contributed by atoms with E-state index >= 15 is 0 Å². The molecule has 0 bridgehead atoms. The largest absolute Gasteiger partial charge is 0.487 e. The Morgan fingerprint density at radius 1 is 1.56 bits per heavy atom. The normalized spacial score (nSPS) is 10.3. The van der Waals surface area contributed by atoms with E-state index in [2.05, 4.69) is 4.98 Å². The van der Waals surface area contributed by atoms with Gasteiger partial charge in [-0.15, -0.1) is 11.3 Å². The highest BCUT2D eigenvalue weighted by atomic mass is 32.1. The molecule has 0 saturated carbocycles. The molecule has 0 atom stereocenters. The number of carboxylic acids is 1. The predicted octanol–water partition coefficient (Wildman–Crippen LogP) is 2.87. The molecule has 0 saturated heterocycles. The maximum atomic E-state index is 13.0. The minimum absolute atomic E-state index is 0.0181. The van der Waals surface area contributed by atoms with Crippen molar-refractivity contribution < 1.29 is 19.0 Å². The Morgan fingerprint density at radius 2 is 2.33 bits per heavy atom. The van der Waals surface area contributed by atoms with E-state index in [1.54, 1.807) is 18.4 Å². The Kier molecular flexibility index (Phi) is 3.57. The third kappa shape index (κ3) is 2.84. The van der Waals surface area contributed by atoms with Gasteiger partial charge >= 0.3 is 5.97 Å². The fourth-order valence-corrected chi connectivity index (χ4v) is 1.99. The zero-order valence-corrected chi connectivity index (χ0v) is 10.3. The molecule has 2 rings (SSSR count). The average molecular weight is 267 g/mol. The number of carboxylic acid groups (broad SMARTS) is 1. The quantitative estimate of drug-likeness (QED) is 0.925. The molecular formula is C12H10FNO3S. The van der Waals surface area contributed by atoms with Gasteiger partial charge in [0.05, 0.1) is 5.69 Å². The number of halogens is 1. The molecule has 0 spiro atoms. The molecule has 1 heterocycles. The Bertz CT molecular complexity index is 582. The van der Waals surface area contributed by atoms with Crippen molar-refractivity contribution in [2.45, 2.75) is 13.5 Å². The second-order valence-corrected chi connectivity index (χ2v) is 4.51. The highest BCUT2D eigenvalue weighted by Gasteiger charge is 2.09. The molecule has 18 heavy (non-hydrogen) atoms. The number of hydrogen-bond acceptors (Lipinski definition) is 4. The topological polar surface area (TPSA) is 59.4 Å². The molecule has 0 aliphatic rings. The summed E-state index contributed by atoms with van der Waals surface area (Å²) < 4.78 is 18.4. The lowest BCUT2D eigenvalue weighted by Crippen LogP contribution is -2.00. The van der Waals surface area contributed by atoms with Crippen molar-refractivity contribution in [1.29, 1.82) is 0 Å². The average Bonchev–Trinajstić information content (AvgIpc) is 2.79. The first kappa shape index (κ1) is 12.5. The lowest BCUT2D eigenvalue weighted by atomic mass is 10.2. The zero-order chi connectivity index (χ0) is 13.1. The van der Waals surface area contributed by atoms with Gasteiger partial charge in [-0.3, -0.25) is 0 Å². The van der Waals surface area contributed by atoms with Crippen LogP contribution in [0.5, 0.6) is 5.75 Å². The van der Waals surface area contributed by atoms with E-state index in [4.69, 9.17) is 9.84 Å². The summed E-state index contributed by atoms with van der Waals surface area (Å²) in [6, 6.07) is 4.27. The molecule has 0 amide bonds. The number of thiazole rings is 1. The third-order valence-corrected chi connectivity index (χ3v) is 3.14. The number of ether oxygens (including phenoxy) is 1. The molecule has 2 aromatic rings. The Labute approximate surface area is 107 Å². The maximum Gasteiger partial charge on any atom is 0.365 e. The number of rotatable bonds is 4. The highest BCUT2D eigenvalue weighted by molar-refractivity contribution is 7.11. The standard InChI is InChI=1S/C12H10FNO3S/c1-7-2-3-8(13)4-10(7)17-5-9-6-18-11(14-9)12(15)16/h2-4,6H,5H2,1H3,(H,15,16). The molecular weight excluding hydrogens is 257 g/mol. The second kappa shape index (κ2) is 5.14. The van der Waals surface area contributed by atoms with Gasteiger partial charge in [-0.1, -0.05) is 6.07 Å². The number of hydrogen-bond donors (Lipinski definition) is 1. The van der Waals surface area contributed by atoms with Crippen molar-refractivity contribution in [2.24, 2.45) is 0 Å². The molecule has 1 N–H and O–H groups in total. The molecule has 4 nitrogen and oxygen atoms in total. The Balaban J connectivity index is 2.06. The smallest absolute Gasteiger partial charge is 0.365 e. The summed E-state index contributed by atoms with van der Waals surface area (Å²) >= 11 is 1.04. The number of aromatic carboxylic acids is 1. The van der Waals surface area contributed by atoms with Crippen molar-refractivity contribution in [1.82, 2.24) is 4.98 Å². The van der Waals surface area contributed by atoms with Gasteiger partial charge < -0.3 is 9.84 Å². The van der Waals surface area contributed by atoms with Crippen LogP contribution in [-0.4, -0.2) is 16.1 Å². The lowest BCUT2D eigenvalue weighted by molar-refractivity contribution is 0.0696. The minimum atomic E-state index is -1.06. The van der Waals surface area contributed by atoms with Crippen LogP contribution >= 0.6 is 11.3 Å². The van der Waals surface area contributed by atoms with E-state index in [1.807, 2.05) is 0 Å². The van der Waals surface area contributed by atoms with Gasteiger partial charge in [0.2, 0.25) is 5.01 Å². The molecule has 1 aromatic heterocycles. The molecule has 0 fully saturated rings. The van der Waals surface area contributed by atoms with Crippen LogP contribution in [0, 0.1) is 12.7 Å². The van der Waals surface area contributed by atoms with Crippen LogP contribution in [0.4, 0.5) is 4.39 Å². The van der Waals surface area contributed by atoms with Crippen molar-refractivity contribution in [2.75, 3.05) is 0 Å². The van der Waals surface area contributed by atoms with Crippen molar-refractivity contribution >= 4 is 17.3 Å². The monoisotopic (exact) mass is 267 g/mol. The van der Waals surface area contributed by atoms with Gasteiger partial charge in [0, 0.05) is 11.4 Å². The van der Waals surface area contributed by atoms with Crippen LogP contribution in [-0.2, 0) is 6.61 Å². The molecule has 0 unspecified atom stereocenters. The van der Waals surface area contributed by atoms with Gasteiger partial charge in [-0.2, -0.15) is 0 Å². The van der Waals surface area contributed by atoms with Crippen molar-refractivity contribution in [3.8, 4) is 5.75 Å². The van der Waals surface area contributed by atoms with Crippen LogP contribution in [0.25, 0.3) is 0 Å². The Hall–Kier alpha value is -1.95. The number of aryl methyl sites for hydroxylation is 1. The van der Waals surface area contributed by atoms with Crippen molar-refractivity contribution in [3.05, 3.63) is 45.7 Å². The SMILES string of the molecule is Cc1ccc(F)cc1OCc1csc(C(=O)O)n1. The summed E-state index contributed by atoms with van der Waals surface area (Å²) in [5, 5.41) is 10.3. The highest BCUT2D eigenvalue weighted by Crippen LogP contribution is 2.20. The first-order valence-electron chi connectivity index (χ1n) is 5.13. The molecule has 0 aliphatic heterocycles. The zero-order valence-electron chi connectivity index (χ0n) is 9.51. The number of aromatic nitrogens is 1. The number of benzene rings is 1. The summed E-state index contributed by atoms with van der Waals surface area (Å²) in [6.45, 7) is 1.92. The molecule has 94 valence electrons. The van der Waals surface area contributed by atoms with Crippen molar-refractivity contribution in [3.63, 3.8) is 0 Å². The summed E-state index contributed by atoms with van der Waals surface area (Å²) in [4.78, 5) is 14.5. The van der Waals surface area contributed by atoms with Gasteiger partial charge in [0.1, 0.15) is 18.2 Å². The van der Waals surface area contributed by atoms with Gasteiger partial charge in [0.15, 0.2) is 0 Å². The fraction of sp³-hybridized carbons (Fsp3) is 0.167. The number of nitrogens with zero attached hydrogens (tertiary/aromatic N) is 1. The second-order valence-electron chi connectivity index (χ2n) is 3.65. The molecule has 0 radical (unpaired) electrons. The summed E-state index contributed by atoms with van der Waals surface area (Å²) in [7, 11) is 0. The summed E-state index contributed by atoms with van der Waals surface area (Å²) in [5.74, 6) is -1.01. The predicted molar refractivity (Wildman–Crippen MR) is 64.5 cm³/mol. The summed E-state index contributed by atoms with van der Waals surface area (Å²) in [6.07, 6.45) is 0. The van der Waals surface area contributed by atoms with Crippen LogP contribution in [0.15, 0.2) is 23.6 Å². The van der Waals surface area contributed by atoms with Gasteiger partial charge in [0.25, 0.3) is 0 Å². The van der Waals surface area contributed by atoms with Crippen LogP contribution < -0.4 is 4.74 Å². The van der Waals surface area contributed by atoms with E-state index in [0.29, 0.717) is 11.4 Å². The maximum absolute atomic E-state index is 13.0. The first-order chi connectivity index (χ1) is 8.56. The minimum Gasteiger partial charge on any atom is -0.487 e. The lowest BCUT2D eigenvalue weighted by Gasteiger charge is -2.07. The third-order valence-electron chi connectivity index (χ3n) is 2.26. The molecule has 0 aliphatic carbocycles. The molecule has 1 aromatic carbocycles. The van der Waals surface area contributed by atoms with E-state index in [0.717, 1.165) is 16.9 Å². The van der Waals surface area contributed by atoms with Gasteiger partial charge in [-0.25, -0.2) is 14.2 Å². The van der Waals surface area contributed by atoms with E-state index in [1.165, 1.54) is 12.1 Å². The van der Waals surface area contributed by atoms with E-state index in [9.17, 15) is 9.18 Å². The Morgan fingerprint density at radius 3 is 3.00 bits per heavy atom. The van der Waals surface area contributed by atoms with Crippen LogP contribution in [0.1, 0.15) is 21.1 Å². The van der Waals surface area contributed by atoms with Crippen LogP contribution in [0.3, 0.4) is 0 Å². The number of carbonyl (C=O) groups is 1. The molecule has 6 heteroatoms. The van der Waals surface area contributed by atoms with Crippen LogP contribution in [0.2, 0.25) is 0 Å². The van der Waals surface area contributed by atoms with E-state index < -0.39 is 5.97 Å². The first-order valence-corrected chi connectivity index (χ1v) is 6.01.